The van der Waals surface area contributed by atoms with Gasteiger partial charge in [0.15, 0.2) is 0 Å². The molecule has 1 atom stereocenters. The van der Waals surface area contributed by atoms with Gasteiger partial charge in [-0.2, -0.15) is 0 Å². The second kappa shape index (κ2) is 7.22. The Kier molecular flexibility index (Phi) is 4.79. The van der Waals surface area contributed by atoms with Crippen LogP contribution in [0.2, 0.25) is 0 Å². The van der Waals surface area contributed by atoms with Gasteiger partial charge in [0.1, 0.15) is 5.54 Å². The van der Waals surface area contributed by atoms with Gasteiger partial charge in [-0.25, -0.2) is 0 Å². The Morgan fingerprint density at radius 3 is 2.81 bits per heavy atom. The van der Waals surface area contributed by atoms with E-state index in [2.05, 4.69) is 46.8 Å². The van der Waals surface area contributed by atoms with Crippen LogP contribution in [-0.4, -0.2) is 36.5 Å². The van der Waals surface area contributed by atoms with Crippen LogP contribution < -0.4 is 10.6 Å². The molecule has 0 saturated carbocycles. The number of rotatable bonds is 4. The van der Waals surface area contributed by atoms with E-state index in [0.717, 1.165) is 51.0 Å². The lowest BCUT2D eigenvalue weighted by atomic mass is 9.88. The van der Waals surface area contributed by atoms with Crippen molar-refractivity contribution < 1.29 is 4.79 Å². The number of hydrogen-bond donors (Lipinski definition) is 2. The average Bonchev–Trinajstić information content (AvgIpc) is 3.12. The summed E-state index contributed by atoms with van der Waals surface area (Å²) in [6.45, 7) is 2.96. The predicted octanol–water partition coefficient (Wildman–Crippen LogP) is 2.98. The molecule has 1 fully saturated rings. The molecule has 2 aromatic rings. The third-order valence-corrected chi connectivity index (χ3v) is 5.69. The van der Waals surface area contributed by atoms with Crippen LogP contribution in [0.25, 0.3) is 0 Å². The van der Waals surface area contributed by atoms with Crippen LogP contribution in [0.4, 0.5) is 5.69 Å². The molecule has 4 nitrogen and oxygen atoms in total. The lowest BCUT2D eigenvalue weighted by molar-refractivity contribution is -0.121. The maximum absolute atomic E-state index is 13.2. The third-order valence-electron chi connectivity index (χ3n) is 5.69. The fourth-order valence-corrected chi connectivity index (χ4v) is 4.20. The lowest BCUT2D eigenvalue weighted by Crippen LogP contribution is -2.52. The minimum atomic E-state index is -0.503. The minimum Gasteiger partial charge on any atom is -0.324 e. The normalized spacial score (nSPS) is 22.8. The van der Waals surface area contributed by atoms with Crippen molar-refractivity contribution >= 4 is 11.6 Å². The zero-order valence-corrected chi connectivity index (χ0v) is 15.4. The Labute approximate surface area is 155 Å². The Hall–Kier alpha value is -2.17. The molecule has 2 heterocycles. The highest BCUT2D eigenvalue weighted by Crippen LogP contribution is 2.27. The molecule has 0 radical (unpaired) electrons. The fraction of sp³-hybridized carbons (Fsp3) is 0.409. The number of carbonyl (C=O) groups excluding carboxylic acids is 1. The molecule has 136 valence electrons. The molecular weight excluding hydrogens is 322 g/mol. The van der Waals surface area contributed by atoms with Crippen LogP contribution in [0.3, 0.4) is 0 Å². The van der Waals surface area contributed by atoms with Gasteiger partial charge in [-0.15, -0.1) is 0 Å². The maximum atomic E-state index is 13.2. The molecule has 2 aliphatic rings. The Morgan fingerprint density at radius 1 is 1.19 bits per heavy atom. The topological polar surface area (TPSA) is 44.4 Å². The van der Waals surface area contributed by atoms with Gasteiger partial charge >= 0.3 is 0 Å². The molecule has 4 heteroatoms. The zero-order chi connectivity index (χ0) is 18.0. The summed E-state index contributed by atoms with van der Waals surface area (Å²) in [5, 5.41) is 6.68. The standard InChI is InChI=1S/C22H27N3O/c1-25-13-10-18-14-20(9-8-19(18)16-25)24-21(26)22(11-5-12-23-22)15-17-6-3-2-4-7-17/h2-4,6-9,14,23H,5,10-13,15-16H2,1H3,(H,24,26). The van der Waals surface area contributed by atoms with Crippen molar-refractivity contribution in [1.82, 2.24) is 10.2 Å². The number of fused-ring (bicyclic) bond motifs is 1. The molecule has 1 saturated heterocycles. The van der Waals surface area contributed by atoms with Crippen molar-refractivity contribution in [2.45, 2.75) is 37.8 Å². The van der Waals surface area contributed by atoms with E-state index in [4.69, 9.17) is 0 Å². The highest BCUT2D eigenvalue weighted by Gasteiger charge is 2.41. The molecule has 4 rings (SSSR count). The van der Waals surface area contributed by atoms with Crippen molar-refractivity contribution in [3.8, 4) is 0 Å². The van der Waals surface area contributed by atoms with Gasteiger partial charge in [-0.1, -0.05) is 36.4 Å². The highest BCUT2D eigenvalue weighted by atomic mass is 16.2. The monoisotopic (exact) mass is 349 g/mol. The molecule has 0 spiro atoms. The lowest BCUT2D eigenvalue weighted by Gasteiger charge is -2.29. The molecule has 1 amide bonds. The van der Waals surface area contributed by atoms with E-state index in [-0.39, 0.29) is 5.91 Å². The molecule has 26 heavy (non-hydrogen) atoms. The van der Waals surface area contributed by atoms with Gasteiger partial charge in [0.2, 0.25) is 5.91 Å². The van der Waals surface area contributed by atoms with Crippen LogP contribution >= 0.6 is 0 Å². The van der Waals surface area contributed by atoms with Crippen LogP contribution in [0.1, 0.15) is 29.5 Å². The molecule has 0 aliphatic carbocycles. The number of benzene rings is 2. The second-order valence-corrected chi connectivity index (χ2v) is 7.70. The van der Waals surface area contributed by atoms with Gasteiger partial charge in [-0.05, 0) is 68.1 Å². The van der Waals surface area contributed by atoms with Gasteiger partial charge < -0.3 is 15.5 Å². The first-order chi connectivity index (χ1) is 12.6. The summed E-state index contributed by atoms with van der Waals surface area (Å²) in [5.74, 6) is 0.0896. The number of amides is 1. The van der Waals surface area contributed by atoms with Crippen molar-refractivity contribution in [3.05, 3.63) is 65.2 Å². The first kappa shape index (κ1) is 17.3. The van der Waals surface area contributed by atoms with E-state index in [1.807, 2.05) is 24.3 Å². The first-order valence-corrected chi connectivity index (χ1v) is 9.55. The predicted molar refractivity (Wildman–Crippen MR) is 105 cm³/mol. The van der Waals surface area contributed by atoms with E-state index in [0.29, 0.717) is 0 Å². The molecular formula is C22H27N3O. The number of nitrogens with zero attached hydrogens (tertiary/aromatic N) is 1. The summed E-state index contributed by atoms with van der Waals surface area (Å²) in [7, 11) is 2.15. The fourth-order valence-electron chi connectivity index (χ4n) is 4.20. The van der Waals surface area contributed by atoms with E-state index in [1.54, 1.807) is 0 Å². The largest absolute Gasteiger partial charge is 0.324 e. The minimum absolute atomic E-state index is 0.0896. The Balaban J connectivity index is 1.52. The van der Waals surface area contributed by atoms with Crippen LogP contribution in [-0.2, 0) is 24.2 Å². The molecule has 0 bridgehead atoms. The summed E-state index contributed by atoms with van der Waals surface area (Å²) in [5.41, 5.74) is 4.34. The maximum Gasteiger partial charge on any atom is 0.245 e. The van der Waals surface area contributed by atoms with Crippen LogP contribution in [0.15, 0.2) is 48.5 Å². The number of hydrogen-bond acceptors (Lipinski definition) is 3. The molecule has 1 unspecified atom stereocenters. The summed E-state index contributed by atoms with van der Waals surface area (Å²) < 4.78 is 0. The van der Waals surface area contributed by atoms with Gasteiger partial charge in [0.05, 0.1) is 0 Å². The Bertz CT molecular complexity index is 781. The average molecular weight is 349 g/mol. The van der Waals surface area contributed by atoms with E-state index in [9.17, 15) is 4.79 Å². The van der Waals surface area contributed by atoms with Crippen molar-refractivity contribution in [1.29, 1.82) is 0 Å². The number of carbonyl (C=O) groups is 1. The van der Waals surface area contributed by atoms with E-state index >= 15 is 0 Å². The van der Waals surface area contributed by atoms with Gasteiger partial charge in [0.25, 0.3) is 0 Å². The first-order valence-electron chi connectivity index (χ1n) is 9.55. The van der Waals surface area contributed by atoms with E-state index in [1.165, 1.54) is 16.7 Å². The number of nitrogens with one attached hydrogen (secondary N) is 2. The van der Waals surface area contributed by atoms with Gasteiger partial charge in [-0.3, -0.25) is 4.79 Å². The highest BCUT2D eigenvalue weighted by molar-refractivity contribution is 5.98. The molecule has 2 aromatic carbocycles. The van der Waals surface area contributed by atoms with Crippen molar-refractivity contribution in [3.63, 3.8) is 0 Å². The van der Waals surface area contributed by atoms with Gasteiger partial charge in [0, 0.05) is 18.8 Å². The van der Waals surface area contributed by atoms with Crippen molar-refractivity contribution in [2.24, 2.45) is 0 Å². The molecule has 2 aliphatic heterocycles. The second-order valence-electron chi connectivity index (χ2n) is 7.70. The smallest absolute Gasteiger partial charge is 0.245 e. The summed E-state index contributed by atoms with van der Waals surface area (Å²) >= 11 is 0. The summed E-state index contributed by atoms with van der Waals surface area (Å²) in [6.07, 6.45) is 3.69. The van der Waals surface area contributed by atoms with Crippen LogP contribution in [0.5, 0.6) is 0 Å². The number of likely N-dealkylation sites (N-methyl/N-ethyl adjacent to an activating group) is 1. The van der Waals surface area contributed by atoms with Crippen LogP contribution in [0, 0.1) is 0 Å². The van der Waals surface area contributed by atoms with E-state index < -0.39 is 5.54 Å². The number of anilines is 1. The molecule has 2 N–H and O–H groups in total. The molecule has 0 aromatic heterocycles. The Morgan fingerprint density at radius 2 is 2.04 bits per heavy atom. The quantitative estimate of drug-likeness (QED) is 0.892. The zero-order valence-electron chi connectivity index (χ0n) is 15.4. The SMILES string of the molecule is CN1CCc2cc(NC(=O)C3(Cc4ccccc4)CCCN3)ccc2C1. The summed E-state index contributed by atoms with van der Waals surface area (Å²) in [6, 6.07) is 16.7. The summed E-state index contributed by atoms with van der Waals surface area (Å²) in [4.78, 5) is 15.5. The van der Waals surface area contributed by atoms with Crippen molar-refractivity contribution in [2.75, 3.05) is 25.5 Å². The third kappa shape index (κ3) is 3.53.